The van der Waals surface area contributed by atoms with E-state index in [9.17, 15) is 14.5 Å². The number of aryl methyl sites for hydroxylation is 2. The van der Waals surface area contributed by atoms with Gasteiger partial charge in [-0.3, -0.25) is 4.79 Å². The predicted octanol–water partition coefficient (Wildman–Crippen LogP) is 4.44. The van der Waals surface area contributed by atoms with E-state index in [-0.39, 0.29) is 6.61 Å². The van der Waals surface area contributed by atoms with Gasteiger partial charge in [0.1, 0.15) is 16.7 Å². The molecule has 1 unspecified atom stereocenters. The molecule has 0 saturated heterocycles. The van der Waals surface area contributed by atoms with Crippen molar-refractivity contribution in [1.29, 1.82) is 0 Å². The van der Waals surface area contributed by atoms with Gasteiger partial charge < -0.3 is 19.1 Å². The van der Waals surface area contributed by atoms with E-state index in [0.29, 0.717) is 17.0 Å². The Balaban J connectivity index is 1.89. The summed E-state index contributed by atoms with van der Waals surface area (Å²) in [6.07, 6.45) is 0.671. The number of carbonyl (C=O) groups is 2. The van der Waals surface area contributed by atoms with Gasteiger partial charge in [-0.15, -0.1) is 16.4 Å². The molecule has 3 rings (SSSR count). The first-order valence-electron chi connectivity index (χ1n) is 10.5. The molecule has 0 radical (unpaired) electrons. The second-order valence-corrected chi connectivity index (χ2v) is 9.74. The monoisotopic (exact) mass is 487 g/mol. The minimum absolute atomic E-state index is 0.262. The smallest absolute Gasteiger partial charge is 0.495 e. The molecule has 0 fully saturated rings. The second-order valence-electron chi connectivity index (χ2n) is 7.44. The highest BCUT2D eigenvalue weighted by Gasteiger charge is 2.27. The quantitative estimate of drug-likeness (QED) is 0.352. The molecule has 0 saturated carbocycles. The van der Waals surface area contributed by atoms with Crippen molar-refractivity contribution in [3.05, 3.63) is 64.5 Å². The predicted molar refractivity (Wildman–Crippen MR) is 130 cm³/mol. The lowest BCUT2D eigenvalue weighted by atomic mass is 10.1. The van der Waals surface area contributed by atoms with E-state index >= 15 is 0 Å². The van der Waals surface area contributed by atoms with Gasteiger partial charge in [-0.05, 0) is 55.8 Å². The van der Waals surface area contributed by atoms with E-state index in [1.165, 1.54) is 18.3 Å². The lowest BCUT2D eigenvalue weighted by Crippen LogP contribution is -2.35. The number of hydrogen-bond donors (Lipinski definition) is 1. The highest BCUT2D eigenvalue weighted by Crippen LogP contribution is 2.28. The summed E-state index contributed by atoms with van der Waals surface area (Å²) < 4.78 is 17.3. The molecule has 1 heterocycles. The molecule has 33 heavy (non-hydrogen) atoms. The Hall–Kier alpha value is -2.77. The zero-order valence-electron chi connectivity index (χ0n) is 18.9. The Labute approximate surface area is 197 Å². The fraction of sp³-hybridized carbons (Fsp3) is 0.292. The number of ether oxygens (including phenoxy) is 3. The lowest BCUT2D eigenvalue weighted by molar-refractivity contribution is -0.160. The van der Waals surface area contributed by atoms with Crippen LogP contribution < -0.4 is 14.7 Å². The normalized spacial score (nSPS) is 12.8. The van der Waals surface area contributed by atoms with Crippen molar-refractivity contribution in [3.8, 4) is 5.75 Å². The minimum atomic E-state index is -2.57. The van der Waals surface area contributed by atoms with Crippen molar-refractivity contribution in [1.82, 2.24) is 5.09 Å². The van der Waals surface area contributed by atoms with Crippen molar-refractivity contribution < 1.29 is 28.7 Å². The zero-order chi connectivity index (χ0) is 24.0. The number of thiophene rings is 1. The van der Waals surface area contributed by atoms with Crippen LogP contribution in [0.5, 0.6) is 5.75 Å². The molecule has 0 aliphatic rings. The first-order valence-corrected chi connectivity index (χ1v) is 12.6. The molecular weight excluding hydrogens is 461 g/mol. The number of hydrogen-bond acceptors (Lipinski definition) is 8. The average Bonchev–Trinajstić information content (AvgIpc) is 3.23. The number of carbonyl (C=O) groups excluding carboxylic acids is 2. The van der Waals surface area contributed by atoms with E-state index in [4.69, 9.17) is 14.2 Å². The standard InChI is InChI=1S/C24H26NO6PS/c1-5-13-29-22(26)17(4)25-32(28)24(30-21-15(2)9-8-10-16(21)3)31-23(27)20-14-18-11-6-7-12-19(18)33-20/h6-12,14,17,25H,5,13H2,1-4H3/t17-/m0/s1. The van der Waals surface area contributed by atoms with Gasteiger partial charge in [-0.2, -0.15) is 0 Å². The molecule has 0 spiro atoms. The Kier molecular flexibility index (Phi) is 8.58. The van der Waals surface area contributed by atoms with E-state index in [1.807, 2.05) is 63.2 Å². The van der Waals surface area contributed by atoms with Crippen molar-refractivity contribution in [2.45, 2.75) is 40.2 Å². The van der Waals surface area contributed by atoms with E-state index in [2.05, 4.69) is 5.09 Å². The van der Waals surface area contributed by atoms with Crippen LogP contribution >= 0.6 is 19.3 Å². The van der Waals surface area contributed by atoms with Crippen LogP contribution in [0.25, 0.3) is 10.1 Å². The van der Waals surface area contributed by atoms with Crippen LogP contribution in [-0.2, 0) is 14.3 Å². The number of benzene rings is 2. The molecule has 174 valence electrons. The minimum Gasteiger partial charge on any atom is -0.608 e. The van der Waals surface area contributed by atoms with Gasteiger partial charge in [0.25, 0.3) is 0 Å². The SMILES string of the molecule is CCCOC(=O)[C@H](C)N[P+]([O-])=C(OC(=O)c1cc2ccccc2s1)Oc1c(C)cccc1C. The molecule has 7 nitrogen and oxygen atoms in total. The van der Waals surface area contributed by atoms with Crippen LogP contribution in [0.4, 0.5) is 0 Å². The number of esters is 2. The second kappa shape index (κ2) is 11.4. The number of nitrogens with one attached hydrogen (secondary N) is 1. The Morgan fingerprint density at radius 2 is 1.82 bits per heavy atom. The summed E-state index contributed by atoms with van der Waals surface area (Å²) in [6, 6.07) is 13.9. The molecule has 2 atom stereocenters. The molecule has 1 N–H and O–H groups in total. The summed E-state index contributed by atoms with van der Waals surface area (Å²) >= 11 is 1.27. The number of para-hydroxylation sites is 1. The molecule has 0 amide bonds. The van der Waals surface area contributed by atoms with E-state index in [1.54, 1.807) is 6.07 Å². The third-order valence-electron chi connectivity index (χ3n) is 4.68. The maximum absolute atomic E-state index is 13.1. The third-order valence-corrected chi connectivity index (χ3v) is 6.92. The molecule has 3 aromatic rings. The summed E-state index contributed by atoms with van der Waals surface area (Å²) in [5, 5.41) is 3.53. The van der Waals surface area contributed by atoms with Gasteiger partial charge >= 0.3 is 17.6 Å². The maximum Gasteiger partial charge on any atom is 0.495 e. The molecular formula is C24H26NO6PS. The highest BCUT2D eigenvalue weighted by molar-refractivity contribution is 7.49. The van der Waals surface area contributed by atoms with Gasteiger partial charge in [0.2, 0.25) is 7.92 Å². The van der Waals surface area contributed by atoms with Gasteiger partial charge in [0, 0.05) is 4.70 Å². The average molecular weight is 488 g/mol. The van der Waals surface area contributed by atoms with E-state index < -0.39 is 31.6 Å². The number of rotatable bonds is 9. The first-order chi connectivity index (χ1) is 15.8. The Morgan fingerprint density at radius 1 is 1.12 bits per heavy atom. The van der Waals surface area contributed by atoms with E-state index in [0.717, 1.165) is 21.2 Å². The summed E-state index contributed by atoms with van der Waals surface area (Å²) in [7, 11) is -2.57. The zero-order valence-corrected chi connectivity index (χ0v) is 20.6. The summed E-state index contributed by atoms with van der Waals surface area (Å²) in [6.45, 7) is 7.33. The first kappa shape index (κ1) is 24.9. The van der Waals surface area contributed by atoms with Crippen molar-refractivity contribution in [2.24, 2.45) is 0 Å². The Morgan fingerprint density at radius 3 is 2.48 bits per heavy atom. The molecule has 9 heteroatoms. The Bertz CT molecular complexity index is 1140. The number of fused-ring (bicyclic) bond motifs is 1. The van der Waals surface area contributed by atoms with Crippen LogP contribution in [-0.4, -0.2) is 30.3 Å². The summed E-state index contributed by atoms with van der Waals surface area (Å²) in [5.74, 6) is -0.811. The van der Waals surface area contributed by atoms with Crippen LogP contribution in [0.1, 0.15) is 41.1 Å². The molecule has 0 aliphatic heterocycles. The van der Waals surface area contributed by atoms with Crippen LogP contribution in [0.3, 0.4) is 0 Å². The summed E-state index contributed by atoms with van der Waals surface area (Å²) in [4.78, 5) is 38.4. The summed E-state index contributed by atoms with van der Waals surface area (Å²) in [5.41, 5.74) is 1.15. The molecule has 0 aliphatic carbocycles. The molecule has 0 bridgehead atoms. The van der Waals surface area contributed by atoms with Crippen LogP contribution in [0, 0.1) is 13.8 Å². The molecule has 2 aromatic carbocycles. The van der Waals surface area contributed by atoms with Gasteiger partial charge in [0.05, 0.1) is 6.61 Å². The highest BCUT2D eigenvalue weighted by atomic mass is 32.1. The van der Waals surface area contributed by atoms with Crippen LogP contribution in [0.15, 0.2) is 48.5 Å². The van der Waals surface area contributed by atoms with Crippen molar-refractivity contribution in [2.75, 3.05) is 6.61 Å². The van der Waals surface area contributed by atoms with Crippen molar-refractivity contribution in [3.63, 3.8) is 0 Å². The fourth-order valence-electron chi connectivity index (χ4n) is 2.97. The fourth-order valence-corrected chi connectivity index (χ4v) is 4.81. The van der Waals surface area contributed by atoms with Crippen molar-refractivity contribution >= 4 is 47.0 Å². The molecule has 1 aromatic heterocycles. The van der Waals surface area contributed by atoms with Gasteiger partial charge in [-0.1, -0.05) is 43.3 Å². The van der Waals surface area contributed by atoms with Crippen LogP contribution in [0.2, 0.25) is 0 Å². The third kappa shape index (κ3) is 6.39. The lowest BCUT2D eigenvalue weighted by Gasteiger charge is -2.14. The maximum atomic E-state index is 13.1. The van der Waals surface area contributed by atoms with Gasteiger partial charge in [0.15, 0.2) is 0 Å². The van der Waals surface area contributed by atoms with Gasteiger partial charge in [-0.25, -0.2) is 4.79 Å². The topological polar surface area (TPSA) is 96.9 Å². The largest absolute Gasteiger partial charge is 0.608 e.